The van der Waals surface area contributed by atoms with E-state index in [-0.39, 0.29) is 10.7 Å². The second kappa shape index (κ2) is 6.25. The van der Waals surface area contributed by atoms with Crippen LogP contribution in [0.4, 0.5) is 5.69 Å². The summed E-state index contributed by atoms with van der Waals surface area (Å²) in [7, 11) is 1.88. The summed E-state index contributed by atoms with van der Waals surface area (Å²) in [5.74, 6) is 0. The molecule has 0 atom stereocenters. The molecule has 0 aromatic heterocycles. The van der Waals surface area contributed by atoms with Crippen LogP contribution < -0.4 is 5.32 Å². The van der Waals surface area contributed by atoms with Gasteiger partial charge in [-0.15, -0.1) is 0 Å². The number of nitrogens with one attached hydrogen (secondary N) is 1. The zero-order chi connectivity index (χ0) is 12.0. The molecule has 0 bridgehead atoms. The molecule has 0 radical (unpaired) electrons. The summed E-state index contributed by atoms with van der Waals surface area (Å²) in [4.78, 5) is 10.2. The van der Waals surface area contributed by atoms with Gasteiger partial charge in [-0.2, -0.15) is 0 Å². The molecule has 0 heterocycles. The van der Waals surface area contributed by atoms with Gasteiger partial charge in [0.1, 0.15) is 5.02 Å². The number of nitrogens with zero attached hydrogens (tertiary/aromatic N) is 1. The second-order valence-electron chi connectivity index (χ2n) is 3.26. The molecule has 1 rings (SSSR count). The SMILES string of the molecule is CNCCC=Cc1ccc(Cl)c([N+](=O)[O-])c1. The molecule has 5 heteroatoms. The summed E-state index contributed by atoms with van der Waals surface area (Å²) in [5, 5.41) is 13.8. The van der Waals surface area contributed by atoms with Gasteiger partial charge in [-0.3, -0.25) is 10.1 Å². The molecule has 0 aliphatic rings. The Morgan fingerprint density at radius 2 is 2.31 bits per heavy atom. The predicted octanol–water partition coefficient (Wildman–Crippen LogP) is 2.87. The molecule has 0 spiro atoms. The maximum absolute atomic E-state index is 10.6. The van der Waals surface area contributed by atoms with Crippen LogP contribution in [0.25, 0.3) is 6.08 Å². The number of rotatable bonds is 5. The summed E-state index contributed by atoms with van der Waals surface area (Å²) in [6, 6.07) is 4.76. The lowest BCUT2D eigenvalue weighted by Gasteiger charge is -1.97. The van der Waals surface area contributed by atoms with E-state index in [2.05, 4.69) is 5.32 Å². The van der Waals surface area contributed by atoms with Crippen molar-refractivity contribution in [1.82, 2.24) is 5.32 Å². The highest BCUT2D eigenvalue weighted by molar-refractivity contribution is 6.32. The van der Waals surface area contributed by atoms with E-state index in [4.69, 9.17) is 11.6 Å². The molecule has 16 heavy (non-hydrogen) atoms. The van der Waals surface area contributed by atoms with E-state index < -0.39 is 4.92 Å². The van der Waals surface area contributed by atoms with Crippen LogP contribution in [0, 0.1) is 10.1 Å². The molecule has 0 saturated heterocycles. The number of benzene rings is 1. The van der Waals surface area contributed by atoms with Crippen molar-refractivity contribution in [2.24, 2.45) is 0 Å². The van der Waals surface area contributed by atoms with Gasteiger partial charge in [0.05, 0.1) is 4.92 Å². The van der Waals surface area contributed by atoms with Crippen molar-refractivity contribution in [3.05, 3.63) is 45.0 Å². The lowest BCUT2D eigenvalue weighted by atomic mass is 10.2. The molecule has 86 valence electrons. The standard InChI is InChI=1S/C11H13ClN2O2/c1-13-7-3-2-4-9-5-6-10(12)11(8-9)14(15)16/h2,4-6,8,13H,3,7H2,1H3. The van der Waals surface area contributed by atoms with Gasteiger partial charge in [0.15, 0.2) is 0 Å². The normalized spacial score (nSPS) is 10.9. The topological polar surface area (TPSA) is 55.2 Å². The third-order valence-electron chi connectivity index (χ3n) is 2.04. The Bertz CT molecular complexity index is 405. The summed E-state index contributed by atoms with van der Waals surface area (Å²) >= 11 is 5.70. The first-order chi connectivity index (χ1) is 7.65. The molecule has 4 nitrogen and oxygen atoms in total. The van der Waals surface area contributed by atoms with Crippen LogP contribution >= 0.6 is 11.6 Å². The first kappa shape index (κ1) is 12.7. The van der Waals surface area contributed by atoms with Crippen molar-refractivity contribution in [2.75, 3.05) is 13.6 Å². The minimum Gasteiger partial charge on any atom is -0.319 e. The van der Waals surface area contributed by atoms with Crippen molar-refractivity contribution in [2.45, 2.75) is 6.42 Å². The highest BCUT2D eigenvalue weighted by atomic mass is 35.5. The van der Waals surface area contributed by atoms with Gasteiger partial charge >= 0.3 is 0 Å². The van der Waals surface area contributed by atoms with Crippen molar-refractivity contribution in [3.8, 4) is 0 Å². The number of halogens is 1. The predicted molar refractivity (Wildman–Crippen MR) is 65.7 cm³/mol. The van der Waals surface area contributed by atoms with E-state index >= 15 is 0 Å². The molecule has 1 aromatic carbocycles. The van der Waals surface area contributed by atoms with Gasteiger partial charge in [-0.25, -0.2) is 0 Å². The average Bonchev–Trinajstić information content (AvgIpc) is 2.26. The summed E-state index contributed by atoms with van der Waals surface area (Å²) in [5.41, 5.74) is 0.727. The minimum absolute atomic E-state index is 0.0579. The highest BCUT2D eigenvalue weighted by Crippen LogP contribution is 2.25. The van der Waals surface area contributed by atoms with E-state index in [1.165, 1.54) is 12.1 Å². The van der Waals surface area contributed by atoms with Crippen molar-refractivity contribution >= 4 is 23.4 Å². The zero-order valence-electron chi connectivity index (χ0n) is 8.94. The molecular formula is C11H13ClN2O2. The lowest BCUT2D eigenvalue weighted by Crippen LogP contribution is -2.05. The van der Waals surface area contributed by atoms with Gasteiger partial charge in [0.2, 0.25) is 0 Å². The molecule has 1 aromatic rings. The maximum Gasteiger partial charge on any atom is 0.288 e. The van der Waals surface area contributed by atoms with Crippen LogP contribution in [0.3, 0.4) is 0 Å². The summed E-state index contributed by atoms with van der Waals surface area (Å²) in [6.45, 7) is 0.881. The van der Waals surface area contributed by atoms with Crippen LogP contribution in [-0.2, 0) is 0 Å². The highest BCUT2D eigenvalue weighted by Gasteiger charge is 2.11. The van der Waals surface area contributed by atoms with Crippen LogP contribution in [0.1, 0.15) is 12.0 Å². The summed E-state index contributed by atoms with van der Waals surface area (Å²) in [6.07, 6.45) is 4.69. The number of hydrogen-bond acceptors (Lipinski definition) is 3. The molecule has 0 fully saturated rings. The van der Waals surface area contributed by atoms with Crippen molar-refractivity contribution in [1.29, 1.82) is 0 Å². The lowest BCUT2D eigenvalue weighted by molar-refractivity contribution is -0.384. The maximum atomic E-state index is 10.6. The fourth-order valence-corrected chi connectivity index (χ4v) is 1.41. The van der Waals surface area contributed by atoms with E-state index in [0.29, 0.717) is 0 Å². The number of nitro groups is 1. The first-order valence-corrected chi connectivity index (χ1v) is 5.28. The van der Waals surface area contributed by atoms with Gasteiger partial charge in [0.25, 0.3) is 5.69 Å². The molecular weight excluding hydrogens is 228 g/mol. The Kier molecular flexibility index (Phi) is 4.95. The third-order valence-corrected chi connectivity index (χ3v) is 2.36. The molecule has 0 unspecified atom stereocenters. The monoisotopic (exact) mass is 240 g/mol. The fourth-order valence-electron chi connectivity index (χ4n) is 1.22. The quantitative estimate of drug-likeness (QED) is 0.489. The molecule has 0 amide bonds. The largest absolute Gasteiger partial charge is 0.319 e. The Hall–Kier alpha value is -1.39. The van der Waals surface area contributed by atoms with E-state index in [0.717, 1.165) is 18.5 Å². The van der Waals surface area contributed by atoms with Crippen LogP contribution in [0.5, 0.6) is 0 Å². The van der Waals surface area contributed by atoms with Gasteiger partial charge in [-0.1, -0.05) is 29.8 Å². The van der Waals surface area contributed by atoms with Crippen molar-refractivity contribution in [3.63, 3.8) is 0 Å². The fraction of sp³-hybridized carbons (Fsp3) is 0.273. The van der Waals surface area contributed by atoms with E-state index in [1.807, 2.05) is 19.2 Å². The van der Waals surface area contributed by atoms with Crippen LogP contribution in [-0.4, -0.2) is 18.5 Å². The van der Waals surface area contributed by atoms with Crippen molar-refractivity contribution < 1.29 is 4.92 Å². The summed E-state index contributed by atoms with van der Waals surface area (Å²) < 4.78 is 0. The molecule has 0 aliphatic heterocycles. The molecule has 0 saturated carbocycles. The zero-order valence-corrected chi connectivity index (χ0v) is 9.70. The second-order valence-corrected chi connectivity index (χ2v) is 3.67. The van der Waals surface area contributed by atoms with Gasteiger partial charge < -0.3 is 5.32 Å². The Balaban J connectivity index is 2.78. The van der Waals surface area contributed by atoms with E-state index in [9.17, 15) is 10.1 Å². The molecule has 0 aliphatic carbocycles. The third kappa shape index (κ3) is 3.64. The van der Waals surface area contributed by atoms with E-state index in [1.54, 1.807) is 6.07 Å². The Morgan fingerprint density at radius 3 is 2.94 bits per heavy atom. The Labute approximate surface area is 99.1 Å². The van der Waals surface area contributed by atoms with Gasteiger partial charge in [-0.05, 0) is 31.6 Å². The minimum atomic E-state index is -0.479. The number of nitro benzene ring substituents is 1. The van der Waals surface area contributed by atoms with Gasteiger partial charge in [0, 0.05) is 6.07 Å². The van der Waals surface area contributed by atoms with Crippen LogP contribution in [0.15, 0.2) is 24.3 Å². The average molecular weight is 241 g/mol. The van der Waals surface area contributed by atoms with Crippen LogP contribution in [0.2, 0.25) is 5.02 Å². The smallest absolute Gasteiger partial charge is 0.288 e. The first-order valence-electron chi connectivity index (χ1n) is 4.90. The molecule has 1 N–H and O–H groups in total. The Morgan fingerprint density at radius 1 is 1.56 bits per heavy atom. The number of hydrogen-bond donors (Lipinski definition) is 1.